The van der Waals surface area contributed by atoms with Crippen LogP contribution in [0, 0.1) is 6.92 Å². The summed E-state index contributed by atoms with van der Waals surface area (Å²) >= 11 is 1.32. The molecule has 0 atom stereocenters. The molecule has 0 aliphatic carbocycles. The summed E-state index contributed by atoms with van der Waals surface area (Å²) in [7, 11) is 0. The number of hydrogen-bond acceptors (Lipinski definition) is 6. The van der Waals surface area contributed by atoms with E-state index in [1.165, 1.54) is 15.9 Å². The van der Waals surface area contributed by atoms with Crippen LogP contribution >= 0.6 is 11.3 Å². The van der Waals surface area contributed by atoms with Crippen molar-refractivity contribution in [1.82, 2.24) is 24.4 Å². The first-order valence-electron chi connectivity index (χ1n) is 12.0. The fourth-order valence-corrected chi connectivity index (χ4v) is 5.13. The maximum atomic E-state index is 13.3. The first kappa shape index (κ1) is 22.9. The van der Waals surface area contributed by atoms with E-state index >= 15 is 0 Å². The lowest BCUT2D eigenvalue weighted by Gasteiger charge is -2.08. The van der Waals surface area contributed by atoms with Gasteiger partial charge in [0.05, 0.1) is 16.8 Å². The van der Waals surface area contributed by atoms with Gasteiger partial charge < -0.3 is 4.74 Å². The summed E-state index contributed by atoms with van der Waals surface area (Å²) in [5.74, 6) is 1.39. The van der Waals surface area contributed by atoms with Crippen LogP contribution in [0.1, 0.15) is 18.1 Å². The number of nitrogens with zero attached hydrogens (tertiary/aromatic N) is 5. The molecule has 0 radical (unpaired) electrons. The van der Waals surface area contributed by atoms with Gasteiger partial charge in [0.25, 0.3) is 5.56 Å². The van der Waals surface area contributed by atoms with Gasteiger partial charge in [-0.3, -0.25) is 4.79 Å². The third kappa shape index (κ3) is 4.32. The highest BCUT2D eigenvalue weighted by Gasteiger charge is 2.15. The summed E-state index contributed by atoms with van der Waals surface area (Å²) in [5, 5.41) is 9.36. The minimum atomic E-state index is -0.198. The zero-order valence-corrected chi connectivity index (χ0v) is 21.1. The van der Waals surface area contributed by atoms with Gasteiger partial charge in [0, 0.05) is 22.9 Å². The number of ether oxygens (including phenoxy) is 1. The van der Waals surface area contributed by atoms with Crippen LogP contribution in [0.4, 0.5) is 0 Å². The van der Waals surface area contributed by atoms with Crippen molar-refractivity contribution in [2.24, 2.45) is 0 Å². The summed E-state index contributed by atoms with van der Waals surface area (Å²) in [6, 6.07) is 25.6. The van der Waals surface area contributed by atoms with E-state index in [-0.39, 0.29) is 5.56 Å². The van der Waals surface area contributed by atoms with Crippen LogP contribution in [0.5, 0.6) is 5.75 Å². The first-order chi connectivity index (χ1) is 18.1. The van der Waals surface area contributed by atoms with Crippen molar-refractivity contribution >= 4 is 22.4 Å². The predicted molar refractivity (Wildman–Crippen MR) is 146 cm³/mol. The van der Waals surface area contributed by atoms with Gasteiger partial charge in [-0.05, 0) is 55.8 Å². The molecule has 6 aromatic rings. The van der Waals surface area contributed by atoms with Gasteiger partial charge in [0.1, 0.15) is 11.4 Å². The second-order valence-electron chi connectivity index (χ2n) is 8.54. The third-order valence-corrected chi connectivity index (χ3v) is 6.97. The van der Waals surface area contributed by atoms with E-state index in [0.717, 1.165) is 39.4 Å². The molecule has 7 nitrogen and oxygen atoms in total. The van der Waals surface area contributed by atoms with Crippen LogP contribution in [0.15, 0.2) is 89.9 Å². The van der Waals surface area contributed by atoms with Crippen molar-refractivity contribution in [3.63, 3.8) is 0 Å². The third-order valence-electron chi connectivity index (χ3n) is 6.01. The smallest absolute Gasteiger partial charge is 0.291 e. The van der Waals surface area contributed by atoms with Crippen molar-refractivity contribution in [3.8, 4) is 34.1 Å². The molecule has 182 valence electrons. The van der Waals surface area contributed by atoms with Gasteiger partial charge in [0.15, 0.2) is 5.82 Å². The zero-order valence-electron chi connectivity index (χ0n) is 20.3. The Labute approximate surface area is 216 Å². The molecule has 0 unspecified atom stereocenters. The highest BCUT2D eigenvalue weighted by atomic mass is 32.1. The van der Waals surface area contributed by atoms with E-state index in [1.54, 1.807) is 0 Å². The Morgan fingerprint density at radius 2 is 1.70 bits per heavy atom. The highest BCUT2D eigenvalue weighted by molar-refractivity contribution is 7.15. The number of rotatable bonds is 6. The first-order valence-corrected chi connectivity index (χ1v) is 12.8. The van der Waals surface area contributed by atoms with Gasteiger partial charge >= 0.3 is 0 Å². The maximum Gasteiger partial charge on any atom is 0.291 e. The van der Waals surface area contributed by atoms with E-state index in [0.29, 0.717) is 21.9 Å². The van der Waals surface area contributed by atoms with Crippen LogP contribution in [0.2, 0.25) is 0 Å². The molecule has 0 aliphatic heterocycles. The van der Waals surface area contributed by atoms with Crippen LogP contribution < -0.4 is 14.8 Å². The Bertz CT molecular complexity index is 1820. The van der Waals surface area contributed by atoms with Gasteiger partial charge in [-0.15, -0.1) is 5.10 Å². The van der Waals surface area contributed by atoms with E-state index in [9.17, 15) is 4.79 Å². The van der Waals surface area contributed by atoms with E-state index in [2.05, 4.69) is 16.1 Å². The topological polar surface area (TPSA) is 74.3 Å². The van der Waals surface area contributed by atoms with Crippen molar-refractivity contribution in [2.45, 2.75) is 13.8 Å². The normalized spacial score (nSPS) is 11.9. The monoisotopic (exact) mass is 505 g/mol. The molecule has 0 spiro atoms. The Hall–Kier alpha value is -4.56. The lowest BCUT2D eigenvalue weighted by atomic mass is 10.0. The molecule has 0 aliphatic rings. The van der Waals surface area contributed by atoms with E-state index in [4.69, 9.17) is 9.84 Å². The summed E-state index contributed by atoms with van der Waals surface area (Å²) in [5.41, 5.74) is 5.19. The average Bonchev–Trinajstić information content (AvgIpc) is 3.62. The Kier molecular flexibility index (Phi) is 5.86. The van der Waals surface area contributed by atoms with Crippen LogP contribution in [-0.2, 0) is 0 Å². The quantitative estimate of drug-likeness (QED) is 0.321. The molecular formula is C29H23N5O2S. The lowest BCUT2D eigenvalue weighted by Crippen LogP contribution is -2.23. The molecule has 0 saturated carbocycles. The summed E-state index contributed by atoms with van der Waals surface area (Å²) < 4.78 is 9.48. The number of aryl methyl sites for hydroxylation is 1. The SMILES string of the molecule is CCOc1ccc(-c2nn(-c3ccccc3)cc2/C=c2/sc3nc(-c4ccccc4)nn3c2=O)cc1C. The largest absolute Gasteiger partial charge is 0.494 e. The molecule has 0 fully saturated rings. The van der Waals surface area contributed by atoms with E-state index < -0.39 is 0 Å². The van der Waals surface area contributed by atoms with Crippen molar-refractivity contribution in [1.29, 1.82) is 0 Å². The standard InChI is InChI=1S/C29H23N5O2S/c1-3-36-24-15-14-21(16-19(24)2)26-22(18-33(31-26)23-12-8-5-9-13-23)17-25-28(35)34-29(37-25)30-27(32-34)20-10-6-4-7-11-20/h4-18H,3H2,1-2H3/b25-17+. The minimum absolute atomic E-state index is 0.198. The molecule has 0 bridgehead atoms. The Morgan fingerprint density at radius 3 is 2.41 bits per heavy atom. The average molecular weight is 506 g/mol. The molecule has 0 saturated heterocycles. The second kappa shape index (κ2) is 9.48. The molecule has 37 heavy (non-hydrogen) atoms. The Balaban J connectivity index is 1.48. The molecular weight excluding hydrogens is 482 g/mol. The number of thiazole rings is 1. The number of aromatic nitrogens is 5. The molecule has 3 aromatic heterocycles. The minimum Gasteiger partial charge on any atom is -0.494 e. The van der Waals surface area contributed by atoms with Crippen molar-refractivity contribution in [2.75, 3.05) is 6.61 Å². The van der Waals surface area contributed by atoms with Gasteiger partial charge in [-0.2, -0.15) is 14.6 Å². The predicted octanol–water partition coefficient (Wildman–Crippen LogP) is 4.93. The van der Waals surface area contributed by atoms with Crippen LogP contribution in [0.25, 0.3) is 39.4 Å². The Morgan fingerprint density at radius 1 is 0.946 bits per heavy atom. The summed E-state index contributed by atoms with van der Waals surface area (Å²) in [6.07, 6.45) is 3.82. The molecule has 8 heteroatoms. The zero-order chi connectivity index (χ0) is 25.4. The molecule has 0 N–H and O–H groups in total. The fraction of sp³-hybridized carbons (Fsp3) is 0.103. The van der Waals surface area contributed by atoms with Gasteiger partial charge in [-0.1, -0.05) is 59.9 Å². The highest BCUT2D eigenvalue weighted by Crippen LogP contribution is 2.29. The molecule has 6 rings (SSSR count). The van der Waals surface area contributed by atoms with Crippen LogP contribution in [-0.4, -0.2) is 31.0 Å². The molecule has 0 amide bonds. The second-order valence-corrected chi connectivity index (χ2v) is 9.55. The number of para-hydroxylation sites is 1. The summed E-state index contributed by atoms with van der Waals surface area (Å²) in [4.78, 5) is 18.4. The fourth-order valence-electron chi connectivity index (χ4n) is 4.23. The van der Waals surface area contributed by atoms with Gasteiger partial charge in [0.2, 0.25) is 4.96 Å². The number of benzene rings is 3. The van der Waals surface area contributed by atoms with Gasteiger partial charge in [-0.25, -0.2) is 4.68 Å². The van der Waals surface area contributed by atoms with Crippen molar-refractivity contribution < 1.29 is 4.74 Å². The molecule has 3 aromatic carbocycles. The summed E-state index contributed by atoms with van der Waals surface area (Å²) in [6.45, 7) is 4.60. The van der Waals surface area contributed by atoms with E-state index in [1.807, 2.05) is 104 Å². The maximum absolute atomic E-state index is 13.3. The number of hydrogen-bond donors (Lipinski definition) is 0. The lowest BCUT2D eigenvalue weighted by molar-refractivity contribution is 0.338. The number of fused-ring (bicyclic) bond motifs is 1. The van der Waals surface area contributed by atoms with Crippen LogP contribution in [0.3, 0.4) is 0 Å². The van der Waals surface area contributed by atoms with Crippen molar-refractivity contribution in [3.05, 3.63) is 111 Å². The molecule has 3 heterocycles.